The van der Waals surface area contributed by atoms with Gasteiger partial charge in [0.25, 0.3) is 0 Å². The van der Waals surface area contributed by atoms with Crippen LogP contribution in [-0.2, 0) is 4.79 Å². The summed E-state index contributed by atoms with van der Waals surface area (Å²) in [4.78, 5) is 14.1. The molecule has 0 spiro atoms. The first-order valence-corrected chi connectivity index (χ1v) is 6.60. The summed E-state index contributed by atoms with van der Waals surface area (Å²) in [6.07, 6.45) is 1.15. The van der Waals surface area contributed by atoms with E-state index < -0.39 is 6.04 Å². The quantitative estimate of drug-likeness (QED) is 0.852. The van der Waals surface area contributed by atoms with E-state index >= 15 is 0 Å². The minimum Gasteiger partial charge on any atom is -0.320 e. The van der Waals surface area contributed by atoms with Crippen molar-refractivity contribution in [2.45, 2.75) is 32.7 Å². The molecular formula is C15H21N3O. The standard InChI is InChI=1S/C15H21N3O/c1-3-12(2)14(17)15(19)18(11-7-10-16)13-8-5-4-6-9-13/h4-6,8-9,12,14H,3,7,11,17H2,1-2H3. The Labute approximate surface area is 114 Å². The number of benzene rings is 1. The number of anilines is 1. The van der Waals surface area contributed by atoms with Gasteiger partial charge in [-0.05, 0) is 18.1 Å². The van der Waals surface area contributed by atoms with E-state index in [2.05, 4.69) is 6.07 Å². The Hall–Kier alpha value is -1.86. The van der Waals surface area contributed by atoms with Crippen LogP contribution in [0, 0.1) is 17.2 Å². The van der Waals surface area contributed by atoms with Crippen LogP contribution in [-0.4, -0.2) is 18.5 Å². The lowest BCUT2D eigenvalue weighted by Crippen LogP contribution is -2.47. The minimum absolute atomic E-state index is 0.115. The molecule has 1 aromatic carbocycles. The number of nitrogens with two attached hydrogens (primary N) is 1. The highest BCUT2D eigenvalue weighted by Gasteiger charge is 2.25. The summed E-state index contributed by atoms with van der Waals surface area (Å²) in [5.74, 6) is 0.0107. The van der Waals surface area contributed by atoms with Gasteiger partial charge in [0.2, 0.25) is 5.91 Å². The fourth-order valence-corrected chi connectivity index (χ4v) is 1.81. The Balaban J connectivity index is 2.92. The van der Waals surface area contributed by atoms with Crippen molar-refractivity contribution in [1.82, 2.24) is 0 Å². The van der Waals surface area contributed by atoms with Gasteiger partial charge in [-0.2, -0.15) is 5.26 Å². The second kappa shape index (κ2) is 7.55. The highest BCUT2D eigenvalue weighted by atomic mass is 16.2. The molecule has 0 aliphatic rings. The van der Waals surface area contributed by atoms with Crippen molar-refractivity contribution in [1.29, 1.82) is 5.26 Å². The number of hydrogen-bond acceptors (Lipinski definition) is 3. The molecule has 0 heterocycles. The lowest BCUT2D eigenvalue weighted by Gasteiger charge is -2.27. The van der Waals surface area contributed by atoms with Gasteiger partial charge < -0.3 is 10.6 Å². The molecule has 0 aliphatic carbocycles. The maximum atomic E-state index is 12.4. The highest BCUT2D eigenvalue weighted by Crippen LogP contribution is 2.17. The number of amides is 1. The van der Waals surface area contributed by atoms with E-state index in [0.717, 1.165) is 12.1 Å². The summed E-state index contributed by atoms with van der Waals surface area (Å²) in [6, 6.07) is 10.9. The van der Waals surface area contributed by atoms with E-state index in [1.165, 1.54) is 0 Å². The van der Waals surface area contributed by atoms with Crippen LogP contribution in [0.2, 0.25) is 0 Å². The molecule has 0 bridgehead atoms. The maximum Gasteiger partial charge on any atom is 0.244 e. The fraction of sp³-hybridized carbons (Fsp3) is 0.467. The molecule has 0 fully saturated rings. The summed E-state index contributed by atoms with van der Waals surface area (Å²) in [5.41, 5.74) is 6.80. The van der Waals surface area contributed by atoms with Crippen molar-refractivity contribution in [3.63, 3.8) is 0 Å². The normalized spacial score (nSPS) is 13.4. The zero-order valence-electron chi connectivity index (χ0n) is 11.5. The fourth-order valence-electron chi connectivity index (χ4n) is 1.81. The van der Waals surface area contributed by atoms with Crippen molar-refractivity contribution in [3.8, 4) is 6.07 Å². The Morgan fingerprint density at radius 1 is 1.42 bits per heavy atom. The van der Waals surface area contributed by atoms with Crippen LogP contribution in [0.3, 0.4) is 0 Å². The molecule has 1 aromatic rings. The third-order valence-electron chi connectivity index (χ3n) is 3.32. The van der Waals surface area contributed by atoms with Crippen molar-refractivity contribution in [2.24, 2.45) is 11.7 Å². The van der Waals surface area contributed by atoms with Gasteiger partial charge in [0.15, 0.2) is 0 Å². The number of carbonyl (C=O) groups excluding carboxylic acids is 1. The lowest BCUT2D eigenvalue weighted by atomic mass is 9.98. The predicted molar refractivity (Wildman–Crippen MR) is 76.5 cm³/mol. The predicted octanol–water partition coefficient (Wildman–Crippen LogP) is 2.31. The Bertz CT molecular complexity index is 438. The zero-order valence-corrected chi connectivity index (χ0v) is 11.5. The number of nitrogens with zero attached hydrogens (tertiary/aromatic N) is 2. The molecule has 19 heavy (non-hydrogen) atoms. The average Bonchev–Trinajstić information content (AvgIpc) is 2.46. The van der Waals surface area contributed by atoms with Gasteiger partial charge in [0.05, 0.1) is 18.5 Å². The number of para-hydroxylation sites is 1. The van der Waals surface area contributed by atoms with Gasteiger partial charge in [0, 0.05) is 12.2 Å². The van der Waals surface area contributed by atoms with Crippen LogP contribution in [0.5, 0.6) is 0 Å². The zero-order chi connectivity index (χ0) is 14.3. The Morgan fingerprint density at radius 2 is 2.05 bits per heavy atom. The number of carbonyl (C=O) groups is 1. The summed E-state index contributed by atoms with van der Waals surface area (Å²) in [6.45, 7) is 4.36. The van der Waals surface area contributed by atoms with E-state index in [9.17, 15) is 4.79 Å². The molecule has 2 N–H and O–H groups in total. The molecule has 2 unspecified atom stereocenters. The molecule has 0 radical (unpaired) electrons. The molecule has 4 heteroatoms. The molecule has 2 atom stereocenters. The van der Waals surface area contributed by atoms with E-state index in [0.29, 0.717) is 13.0 Å². The van der Waals surface area contributed by atoms with Crippen LogP contribution in [0.25, 0.3) is 0 Å². The average molecular weight is 259 g/mol. The van der Waals surface area contributed by atoms with E-state index in [1.54, 1.807) is 4.90 Å². The van der Waals surface area contributed by atoms with E-state index in [-0.39, 0.29) is 11.8 Å². The highest BCUT2D eigenvalue weighted by molar-refractivity contribution is 5.97. The van der Waals surface area contributed by atoms with E-state index in [4.69, 9.17) is 11.0 Å². The first-order chi connectivity index (χ1) is 9.11. The Morgan fingerprint density at radius 3 is 2.58 bits per heavy atom. The van der Waals surface area contributed by atoms with Crippen LogP contribution < -0.4 is 10.6 Å². The van der Waals surface area contributed by atoms with Crippen molar-refractivity contribution in [2.75, 3.05) is 11.4 Å². The van der Waals surface area contributed by atoms with Crippen molar-refractivity contribution in [3.05, 3.63) is 30.3 Å². The van der Waals surface area contributed by atoms with Crippen LogP contribution in [0.1, 0.15) is 26.7 Å². The van der Waals surface area contributed by atoms with Gasteiger partial charge in [-0.1, -0.05) is 38.5 Å². The SMILES string of the molecule is CCC(C)C(N)C(=O)N(CCC#N)c1ccccc1. The van der Waals surface area contributed by atoms with Gasteiger partial charge in [-0.3, -0.25) is 4.79 Å². The molecule has 0 saturated carbocycles. The molecular weight excluding hydrogens is 238 g/mol. The Kier molecular flexibility index (Phi) is 6.04. The summed E-state index contributed by atoms with van der Waals surface area (Å²) >= 11 is 0. The van der Waals surface area contributed by atoms with Crippen LogP contribution in [0.15, 0.2) is 30.3 Å². The second-order valence-corrected chi connectivity index (χ2v) is 4.64. The number of nitriles is 1. The van der Waals surface area contributed by atoms with Gasteiger partial charge in [-0.25, -0.2) is 0 Å². The summed E-state index contributed by atoms with van der Waals surface area (Å²) < 4.78 is 0. The molecule has 102 valence electrons. The topological polar surface area (TPSA) is 70.1 Å². The van der Waals surface area contributed by atoms with Gasteiger partial charge in [-0.15, -0.1) is 0 Å². The molecule has 0 saturated heterocycles. The summed E-state index contributed by atoms with van der Waals surface area (Å²) in [7, 11) is 0. The molecule has 1 amide bonds. The van der Waals surface area contributed by atoms with Crippen LogP contribution in [0.4, 0.5) is 5.69 Å². The second-order valence-electron chi connectivity index (χ2n) is 4.64. The molecule has 0 aromatic heterocycles. The molecule has 4 nitrogen and oxygen atoms in total. The third kappa shape index (κ3) is 4.08. The maximum absolute atomic E-state index is 12.4. The summed E-state index contributed by atoms with van der Waals surface area (Å²) in [5, 5.41) is 8.72. The smallest absolute Gasteiger partial charge is 0.244 e. The minimum atomic E-state index is -0.524. The monoisotopic (exact) mass is 259 g/mol. The largest absolute Gasteiger partial charge is 0.320 e. The van der Waals surface area contributed by atoms with Crippen molar-refractivity contribution >= 4 is 11.6 Å². The molecule has 1 rings (SSSR count). The van der Waals surface area contributed by atoms with Gasteiger partial charge in [0.1, 0.15) is 0 Å². The number of rotatable bonds is 6. The molecule has 0 aliphatic heterocycles. The van der Waals surface area contributed by atoms with Crippen LogP contribution >= 0.6 is 0 Å². The van der Waals surface area contributed by atoms with Gasteiger partial charge >= 0.3 is 0 Å². The third-order valence-corrected chi connectivity index (χ3v) is 3.32. The van der Waals surface area contributed by atoms with Crippen molar-refractivity contribution < 1.29 is 4.79 Å². The number of hydrogen-bond donors (Lipinski definition) is 1. The van der Waals surface area contributed by atoms with E-state index in [1.807, 2.05) is 44.2 Å². The first-order valence-electron chi connectivity index (χ1n) is 6.60. The first kappa shape index (κ1) is 15.2. The lowest BCUT2D eigenvalue weighted by molar-refractivity contribution is -0.120.